The van der Waals surface area contributed by atoms with Gasteiger partial charge in [-0.2, -0.15) is 0 Å². The molecule has 4 nitrogen and oxygen atoms in total. The van der Waals surface area contributed by atoms with Crippen LogP contribution in [0, 0.1) is 11.2 Å². The van der Waals surface area contributed by atoms with Gasteiger partial charge in [-0.05, 0) is 43.9 Å². The number of amidine groups is 1. The normalized spacial score (nSPS) is 29.6. The van der Waals surface area contributed by atoms with Crippen molar-refractivity contribution < 1.29 is 9.50 Å². The fraction of sp³-hybridized carbons (Fsp3) is 0.500. The van der Waals surface area contributed by atoms with Crippen LogP contribution >= 0.6 is 0 Å². The number of aliphatic hydroxyl groups excluding tert-OH is 1. The quantitative estimate of drug-likeness (QED) is 0.560. The first-order valence-electron chi connectivity index (χ1n) is 6.66. The Morgan fingerprint density at radius 2 is 1.95 bits per heavy atom. The summed E-state index contributed by atoms with van der Waals surface area (Å²) in [7, 11) is 0. The van der Waals surface area contributed by atoms with Crippen molar-refractivity contribution in [2.24, 2.45) is 5.73 Å². The number of nitrogens with zero attached hydrogens (tertiary/aromatic N) is 1. The summed E-state index contributed by atoms with van der Waals surface area (Å²) < 4.78 is 13.3. The maximum Gasteiger partial charge on any atom is 0.125 e. The molecule has 0 aromatic heterocycles. The number of nitrogen functional groups attached to an aromatic ring is 1. The zero-order valence-corrected chi connectivity index (χ0v) is 10.6. The van der Waals surface area contributed by atoms with Crippen molar-refractivity contribution in [3.05, 3.63) is 29.6 Å². The minimum atomic E-state index is -0.377. The number of piperidine rings is 1. The van der Waals surface area contributed by atoms with Crippen molar-refractivity contribution in [3.63, 3.8) is 0 Å². The number of rotatable bonds is 2. The van der Waals surface area contributed by atoms with Gasteiger partial charge in [0.25, 0.3) is 0 Å². The number of nitrogens with two attached hydrogens (primary N) is 1. The summed E-state index contributed by atoms with van der Waals surface area (Å²) in [6, 6.07) is 4.98. The summed E-state index contributed by atoms with van der Waals surface area (Å²) in [5.74, 6) is -0.488. The zero-order valence-electron chi connectivity index (χ0n) is 10.6. The summed E-state index contributed by atoms with van der Waals surface area (Å²) in [5, 5.41) is 17.4. The van der Waals surface area contributed by atoms with Crippen molar-refractivity contribution in [1.29, 1.82) is 5.41 Å². The van der Waals surface area contributed by atoms with Crippen LogP contribution in [0.2, 0.25) is 0 Å². The molecular weight excluding hydrogens is 245 g/mol. The predicted molar refractivity (Wildman–Crippen MR) is 71.9 cm³/mol. The van der Waals surface area contributed by atoms with Crippen molar-refractivity contribution in [1.82, 2.24) is 0 Å². The van der Waals surface area contributed by atoms with E-state index in [1.165, 1.54) is 12.1 Å². The molecule has 1 aromatic carbocycles. The zero-order chi connectivity index (χ0) is 13.6. The Hall–Kier alpha value is -1.62. The first-order chi connectivity index (χ1) is 9.06. The van der Waals surface area contributed by atoms with Crippen LogP contribution in [0.3, 0.4) is 0 Å². The van der Waals surface area contributed by atoms with Crippen LogP contribution in [-0.4, -0.2) is 29.1 Å². The highest BCUT2D eigenvalue weighted by atomic mass is 19.1. The lowest BCUT2D eigenvalue weighted by Crippen LogP contribution is -2.45. The molecule has 0 amide bonds. The summed E-state index contributed by atoms with van der Waals surface area (Å²) in [6.45, 7) is 0. The molecule has 0 aliphatic carbocycles. The highest BCUT2D eigenvalue weighted by Gasteiger charge is 2.41. The molecule has 2 heterocycles. The van der Waals surface area contributed by atoms with Crippen LogP contribution in [0.15, 0.2) is 18.2 Å². The lowest BCUT2D eigenvalue weighted by atomic mass is 9.97. The molecule has 2 unspecified atom stereocenters. The molecule has 4 N–H and O–H groups in total. The molecule has 0 radical (unpaired) electrons. The number of anilines is 1. The van der Waals surface area contributed by atoms with Crippen molar-refractivity contribution in [2.45, 2.75) is 43.9 Å². The Balaban J connectivity index is 2.01. The predicted octanol–water partition coefficient (Wildman–Crippen LogP) is 1.60. The fourth-order valence-corrected chi connectivity index (χ4v) is 3.49. The van der Waals surface area contributed by atoms with E-state index in [1.54, 1.807) is 6.07 Å². The standard InChI is InChI=1S/C14H18FN3O/c15-8-1-4-13(12(5-8)14(16)17)18-9-2-3-10(18)7-11(19)6-9/h1,4-5,9-11,19H,2-3,6-7H2,(H3,16,17). The molecule has 102 valence electrons. The van der Waals surface area contributed by atoms with E-state index < -0.39 is 0 Å². The second-order valence-electron chi connectivity index (χ2n) is 5.49. The van der Waals surface area contributed by atoms with Gasteiger partial charge in [0, 0.05) is 23.3 Å². The Morgan fingerprint density at radius 3 is 2.53 bits per heavy atom. The lowest BCUT2D eigenvalue weighted by molar-refractivity contribution is 0.126. The highest BCUT2D eigenvalue weighted by molar-refractivity contribution is 6.00. The number of hydrogen-bond acceptors (Lipinski definition) is 3. The Kier molecular flexibility index (Phi) is 2.93. The van der Waals surface area contributed by atoms with Crippen LogP contribution < -0.4 is 10.6 Å². The molecule has 0 spiro atoms. The van der Waals surface area contributed by atoms with E-state index in [2.05, 4.69) is 4.90 Å². The molecule has 1 aromatic rings. The van der Waals surface area contributed by atoms with E-state index in [-0.39, 0.29) is 29.8 Å². The minimum Gasteiger partial charge on any atom is -0.393 e. The van der Waals surface area contributed by atoms with Gasteiger partial charge < -0.3 is 15.7 Å². The molecule has 3 rings (SSSR count). The number of fused-ring (bicyclic) bond motifs is 2. The van der Waals surface area contributed by atoms with Gasteiger partial charge in [-0.3, -0.25) is 5.41 Å². The topological polar surface area (TPSA) is 73.3 Å². The van der Waals surface area contributed by atoms with Crippen LogP contribution in [0.1, 0.15) is 31.2 Å². The SMILES string of the molecule is N=C(N)c1cc(F)ccc1N1C2CCC1CC(O)C2. The maximum absolute atomic E-state index is 13.3. The summed E-state index contributed by atoms with van der Waals surface area (Å²) in [5.41, 5.74) is 6.85. The molecule has 0 saturated carbocycles. The summed E-state index contributed by atoms with van der Waals surface area (Å²) in [4.78, 5) is 2.23. The third-order valence-corrected chi connectivity index (χ3v) is 4.24. The van der Waals surface area contributed by atoms with Crippen molar-refractivity contribution in [2.75, 3.05) is 4.90 Å². The number of benzene rings is 1. The molecule has 2 bridgehead atoms. The minimum absolute atomic E-state index is 0.111. The van der Waals surface area contributed by atoms with Gasteiger partial charge in [0.2, 0.25) is 0 Å². The largest absolute Gasteiger partial charge is 0.393 e. The second-order valence-corrected chi connectivity index (χ2v) is 5.49. The maximum atomic E-state index is 13.3. The van der Waals surface area contributed by atoms with Gasteiger partial charge >= 0.3 is 0 Å². The van der Waals surface area contributed by atoms with E-state index >= 15 is 0 Å². The first-order valence-corrected chi connectivity index (χ1v) is 6.66. The average Bonchev–Trinajstić information content (AvgIpc) is 2.62. The third kappa shape index (κ3) is 2.08. The highest BCUT2D eigenvalue weighted by Crippen LogP contribution is 2.40. The molecule has 19 heavy (non-hydrogen) atoms. The Bertz CT molecular complexity index is 505. The number of nitrogens with one attached hydrogen (secondary N) is 1. The van der Waals surface area contributed by atoms with Gasteiger partial charge in [0.05, 0.1) is 6.10 Å². The molecule has 2 atom stereocenters. The Labute approximate surface area is 111 Å². The van der Waals surface area contributed by atoms with Crippen LogP contribution in [-0.2, 0) is 0 Å². The van der Waals surface area contributed by atoms with E-state index in [4.69, 9.17) is 11.1 Å². The number of hydrogen-bond donors (Lipinski definition) is 3. The smallest absolute Gasteiger partial charge is 0.125 e. The summed E-state index contributed by atoms with van der Waals surface area (Å²) >= 11 is 0. The molecule has 2 aliphatic rings. The van der Waals surface area contributed by atoms with E-state index in [0.29, 0.717) is 5.56 Å². The Morgan fingerprint density at radius 1 is 1.32 bits per heavy atom. The fourth-order valence-electron chi connectivity index (χ4n) is 3.49. The lowest BCUT2D eigenvalue weighted by Gasteiger charge is -2.39. The van der Waals surface area contributed by atoms with Crippen LogP contribution in [0.5, 0.6) is 0 Å². The molecule has 2 saturated heterocycles. The van der Waals surface area contributed by atoms with E-state index in [0.717, 1.165) is 31.4 Å². The van der Waals surface area contributed by atoms with Gasteiger partial charge in [-0.25, -0.2) is 4.39 Å². The van der Waals surface area contributed by atoms with Crippen LogP contribution in [0.4, 0.5) is 10.1 Å². The third-order valence-electron chi connectivity index (χ3n) is 4.24. The first kappa shape index (κ1) is 12.4. The van der Waals surface area contributed by atoms with Gasteiger partial charge in [0.1, 0.15) is 11.7 Å². The number of aliphatic hydroxyl groups is 1. The van der Waals surface area contributed by atoms with Gasteiger partial charge in [0.15, 0.2) is 0 Å². The van der Waals surface area contributed by atoms with E-state index in [9.17, 15) is 9.50 Å². The molecule has 2 fully saturated rings. The molecular formula is C14H18FN3O. The van der Waals surface area contributed by atoms with Gasteiger partial charge in [-0.15, -0.1) is 0 Å². The van der Waals surface area contributed by atoms with Crippen molar-refractivity contribution in [3.8, 4) is 0 Å². The number of halogens is 1. The van der Waals surface area contributed by atoms with Gasteiger partial charge in [-0.1, -0.05) is 0 Å². The van der Waals surface area contributed by atoms with Crippen LogP contribution in [0.25, 0.3) is 0 Å². The summed E-state index contributed by atoms with van der Waals surface area (Å²) in [6.07, 6.45) is 3.32. The molecule has 5 heteroatoms. The second kappa shape index (κ2) is 4.49. The van der Waals surface area contributed by atoms with E-state index in [1.807, 2.05) is 0 Å². The molecule has 2 aliphatic heterocycles. The van der Waals surface area contributed by atoms with Crippen molar-refractivity contribution >= 4 is 11.5 Å². The monoisotopic (exact) mass is 263 g/mol. The average molecular weight is 263 g/mol.